The van der Waals surface area contributed by atoms with Crippen LogP contribution in [0.25, 0.3) is 0 Å². The molecule has 114 valence electrons. The number of nitrogens with two attached hydrogens (primary N) is 1. The van der Waals surface area contributed by atoms with Crippen LogP contribution in [0.5, 0.6) is 0 Å². The third-order valence-electron chi connectivity index (χ3n) is 2.73. The second kappa shape index (κ2) is 8.01. The number of esters is 1. The Morgan fingerprint density at radius 3 is 2.57 bits per heavy atom. The van der Waals surface area contributed by atoms with Crippen molar-refractivity contribution in [3.05, 3.63) is 29.8 Å². The molecule has 2 amide bonds. The fourth-order valence-corrected chi connectivity index (χ4v) is 1.61. The van der Waals surface area contributed by atoms with Crippen LogP contribution >= 0.6 is 0 Å². The van der Waals surface area contributed by atoms with E-state index in [-0.39, 0.29) is 18.9 Å². The summed E-state index contributed by atoms with van der Waals surface area (Å²) in [7, 11) is 1.53. The Labute approximate surface area is 122 Å². The lowest BCUT2D eigenvalue weighted by molar-refractivity contribution is -0.147. The zero-order valence-corrected chi connectivity index (χ0v) is 12.0. The normalized spacial score (nSPS) is 11.4. The summed E-state index contributed by atoms with van der Waals surface area (Å²) in [5.41, 5.74) is 6.57. The zero-order chi connectivity index (χ0) is 15.8. The van der Waals surface area contributed by atoms with Crippen molar-refractivity contribution >= 4 is 23.5 Å². The summed E-state index contributed by atoms with van der Waals surface area (Å²) in [6.07, 6.45) is 0.113. The first-order valence-electron chi connectivity index (χ1n) is 6.51. The van der Waals surface area contributed by atoms with E-state index < -0.39 is 17.9 Å². The number of ether oxygens (including phenoxy) is 1. The molecule has 1 rings (SSSR count). The molecule has 0 spiro atoms. The van der Waals surface area contributed by atoms with E-state index in [0.29, 0.717) is 11.3 Å². The molecule has 1 aromatic rings. The first kappa shape index (κ1) is 16.6. The van der Waals surface area contributed by atoms with Crippen LogP contribution in [-0.2, 0) is 25.5 Å². The predicted octanol–water partition coefficient (Wildman–Crippen LogP) is -0.196. The van der Waals surface area contributed by atoms with Crippen LogP contribution in [0.4, 0.5) is 5.69 Å². The van der Waals surface area contributed by atoms with Crippen molar-refractivity contribution in [1.29, 1.82) is 0 Å². The Bertz CT molecular complexity index is 531. The van der Waals surface area contributed by atoms with Gasteiger partial charge in [0, 0.05) is 12.7 Å². The van der Waals surface area contributed by atoms with Crippen molar-refractivity contribution in [3.63, 3.8) is 0 Å². The molecular formula is C14H19N3O4. The van der Waals surface area contributed by atoms with Gasteiger partial charge in [-0.05, 0) is 18.6 Å². The van der Waals surface area contributed by atoms with Gasteiger partial charge < -0.3 is 21.1 Å². The molecule has 0 saturated carbocycles. The average molecular weight is 293 g/mol. The first-order chi connectivity index (χ1) is 9.99. The van der Waals surface area contributed by atoms with Crippen LogP contribution in [0.15, 0.2) is 24.3 Å². The Morgan fingerprint density at radius 1 is 1.29 bits per heavy atom. The third kappa shape index (κ3) is 4.88. The molecule has 7 nitrogen and oxygen atoms in total. The first-order valence-corrected chi connectivity index (χ1v) is 6.51. The van der Waals surface area contributed by atoms with Crippen LogP contribution in [0.2, 0.25) is 0 Å². The number of amides is 2. The highest BCUT2D eigenvalue weighted by Gasteiger charge is 2.24. The van der Waals surface area contributed by atoms with Gasteiger partial charge in [-0.15, -0.1) is 0 Å². The maximum Gasteiger partial charge on any atom is 0.332 e. The Morgan fingerprint density at radius 2 is 1.95 bits per heavy atom. The standard InChI is InChI=1S/C14H19N3O4/c1-3-21-14(20)12(15)13(19)17-10-7-5-4-6-9(10)8-11(18)16-2/h4-7,12H,3,8,15H2,1-2H3,(H,16,18)(H,17,19). The molecule has 0 heterocycles. The van der Waals surface area contributed by atoms with E-state index in [4.69, 9.17) is 5.73 Å². The fourth-order valence-electron chi connectivity index (χ4n) is 1.61. The number of anilines is 1. The monoisotopic (exact) mass is 293 g/mol. The maximum absolute atomic E-state index is 11.9. The summed E-state index contributed by atoms with van der Waals surface area (Å²) >= 11 is 0. The van der Waals surface area contributed by atoms with E-state index in [9.17, 15) is 14.4 Å². The highest BCUT2D eigenvalue weighted by Crippen LogP contribution is 2.16. The van der Waals surface area contributed by atoms with Crippen LogP contribution in [0.3, 0.4) is 0 Å². The highest BCUT2D eigenvalue weighted by atomic mass is 16.5. The molecule has 0 aliphatic carbocycles. The van der Waals surface area contributed by atoms with Gasteiger partial charge in [0.05, 0.1) is 13.0 Å². The molecule has 21 heavy (non-hydrogen) atoms. The molecule has 4 N–H and O–H groups in total. The molecule has 0 aliphatic heterocycles. The zero-order valence-electron chi connectivity index (χ0n) is 12.0. The van der Waals surface area contributed by atoms with Crippen molar-refractivity contribution in [2.75, 3.05) is 19.0 Å². The summed E-state index contributed by atoms with van der Waals surface area (Å²) < 4.78 is 4.69. The number of hydrogen-bond acceptors (Lipinski definition) is 5. The topological polar surface area (TPSA) is 111 Å². The lowest BCUT2D eigenvalue weighted by Crippen LogP contribution is -2.43. The van der Waals surface area contributed by atoms with Gasteiger partial charge >= 0.3 is 5.97 Å². The van der Waals surface area contributed by atoms with Gasteiger partial charge in [-0.2, -0.15) is 0 Å². The average Bonchev–Trinajstić information content (AvgIpc) is 2.48. The van der Waals surface area contributed by atoms with Crippen molar-refractivity contribution < 1.29 is 19.1 Å². The summed E-state index contributed by atoms with van der Waals surface area (Å²) in [4.78, 5) is 34.7. The lowest BCUT2D eigenvalue weighted by Gasteiger charge is -2.14. The van der Waals surface area contributed by atoms with Crippen molar-refractivity contribution in [3.8, 4) is 0 Å². The van der Waals surface area contributed by atoms with Crippen LogP contribution in [0.1, 0.15) is 12.5 Å². The number of nitrogens with one attached hydrogen (secondary N) is 2. The Kier molecular flexibility index (Phi) is 6.35. The van der Waals surface area contributed by atoms with E-state index in [1.54, 1.807) is 31.2 Å². The number of carbonyl (C=O) groups is 3. The number of carbonyl (C=O) groups excluding carboxylic acids is 3. The fraction of sp³-hybridized carbons (Fsp3) is 0.357. The number of rotatable bonds is 6. The van der Waals surface area contributed by atoms with Gasteiger partial charge in [-0.3, -0.25) is 9.59 Å². The Hall–Kier alpha value is -2.41. The maximum atomic E-state index is 11.9. The molecule has 1 atom stereocenters. The summed E-state index contributed by atoms with van der Waals surface area (Å²) in [6, 6.07) is 5.39. The van der Waals surface area contributed by atoms with Gasteiger partial charge in [0.1, 0.15) is 0 Å². The number of para-hydroxylation sites is 1. The van der Waals surface area contributed by atoms with E-state index in [0.717, 1.165) is 0 Å². The van der Waals surface area contributed by atoms with Gasteiger partial charge in [0.2, 0.25) is 5.91 Å². The number of hydrogen-bond donors (Lipinski definition) is 3. The number of benzene rings is 1. The van der Waals surface area contributed by atoms with Crippen LogP contribution in [0, 0.1) is 0 Å². The molecule has 7 heteroatoms. The largest absolute Gasteiger partial charge is 0.464 e. The minimum Gasteiger partial charge on any atom is -0.464 e. The molecule has 1 aromatic carbocycles. The molecular weight excluding hydrogens is 274 g/mol. The summed E-state index contributed by atoms with van der Waals surface area (Å²) in [5.74, 6) is -1.66. The van der Waals surface area contributed by atoms with Crippen molar-refractivity contribution in [2.45, 2.75) is 19.4 Å². The van der Waals surface area contributed by atoms with Crippen molar-refractivity contribution in [1.82, 2.24) is 5.32 Å². The lowest BCUT2D eigenvalue weighted by atomic mass is 10.1. The minimum atomic E-state index is -1.40. The minimum absolute atomic E-state index is 0.113. The van der Waals surface area contributed by atoms with Gasteiger partial charge in [0.25, 0.3) is 5.91 Å². The van der Waals surface area contributed by atoms with Crippen LogP contribution < -0.4 is 16.4 Å². The van der Waals surface area contributed by atoms with Gasteiger partial charge in [-0.25, -0.2) is 4.79 Å². The summed E-state index contributed by atoms with van der Waals surface area (Å²) in [6.45, 7) is 1.77. The smallest absolute Gasteiger partial charge is 0.332 e. The van der Waals surface area contributed by atoms with E-state index in [1.165, 1.54) is 7.05 Å². The molecule has 0 fully saturated rings. The number of likely N-dealkylation sites (N-methyl/N-ethyl adjacent to an activating group) is 1. The summed E-state index contributed by atoms with van der Waals surface area (Å²) in [5, 5.41) is 5.04. The third-order valence-corrected chi connectivity index (χ3v) is 2.73. The second-order valence-corrected chi connectivity index (χ2v) is 4.23. The van der Waals surface area contributed by atoms with E-state index in [2.05, 4.69) is 15.4 Å². The quantitative estimate of drug-likeness (QED) is 0.497. The predicted molar refractivity (Wildman–Crippen MR) is 77.5 cm³/mol. The van der Waals surface area contributed by atoms with E-state index in [1.807, 2.05) is 0 Å². The molecule has 0 aromatic heterocycles. The molecule has 0 bridgehead atoms. The second-order valence-electron chi connectivity index (χ2n) is 4.23. The molecule has 0 radical (unpaired) electrons. The van der Waals surface area contributed by atoms with Crippen molar-refractivity contribution in [2.24, 2.45) is 5.73 Å². The van der Waals surface area contributed by atoms with Gasteiger partial charge in [0.15, 0.2) is 6.04 Å². The van der Waals surface area contributed by atoms with Gasteiger partial charge in [-0.1, -0.05) is 18.2 Å². The SMILES string of the molecule is CCOC(=O)C(N)C(=O)Nc1ccccc1CC(=O)NC. The van der Waals surface area contributed by atoms with E-state index >= 15 is 0 Å². The molecule has 1 unspecified atom stereocenters. The van der Waals surface area contributed by atoms with Crippen LogP contribution in [-0.4, -0.2) is 37.5 Å². The molecule has 0 saturated heterocycles. The highest BCUT2D eigenvalue weighted by molar-refractivity contribution is 6.08. The molecule has 0 aliphatic rings. The Balaban J connectivity index is 2.80.